The third kappa shape index (κ3) is 3.35. The van der Waals surface area contributed by atoms with E-state index in [2.05, 4.69) is 35.6 Å². The number of hydrogen-bond donors (Lipinski definition) is 1. The molecule has 3 nitrogen and oxygen atoms in total. The standard InChI is InChI=1S/C15H27N3/c1-13(2)18-12-17-10-14(18)9-16-11-15(3)7-5-4-6-8-15/h10,12-13,16H,4-9,11H2,1-3H3. The van der Waals surface area contributed by atoms with Crippen LogP contribution in [0.25, 0.3) is 0 Å². The first-order valence-corrected chi connectivity index (χ1v) is 7.32. The molecule has 18 heavy (non-hydrogen) atoms. The van der Waals surface area contributed by atoms with Gasteiger partial charge in [0.15, 0.2) is 0 Å². The maximum absolute atomic E-state index is 4.25. The Morgan fingerprint density at radius 2 is 2.06 bits per heavy atom. The number of imidazole rings is 1. The van der Waals surface area contributed by atoms with Crippen molar-refractivity contribution in [3.05, 3.63) is 18.2 Å². The predicted octanol–water partition coefficient (Wildman–Crippen LogP) is 3.52. The molecule has 0 aliphatic heterocycles. The maximum Gasteiger partial charge on any atom is 0.0951 e. The third-order valence-electron chi connectivity index (χ3n) is 4.22. The second-order valence-corrected chi connectivity index (χ2v) is 6.36. The van der Waals surface area contributed by atoms with E-state index in [1.54, 1.807) is 0 Å². The van der Waals surface area contributed by atoms with E-state index < -0.39 is 0 Å². The van der Waals surface area contributed by atoms with Crippen molar-refractivity contribution in [2.75, 3.05) is 6.54 Å². The van der Waals surface area contributed by atoms with E-state index in [9.17, 15) is 0 Å². The average Bonchev–Trinajstić information content (AvgIpc) is 2.78. The highest BCUT2D eigenvalue weighted by atomic mass is 15.1. The summed E-state index contributed by atoms with van der Waals surface area (Å²) in [6.45, 7) is 8.91. The smallest absolute Gasteiger partial charge is 0.0951 e. The highest BCUT2D eigenvalue weighted by Gasteiger charge is 2.26. The molecule has 1 saturated carbocycles. The molecular weight excluding hydrogens is 222 g/mol. The van der Waals surface area contributed by atoms with Gasteiger partial charge in [0.1, 0.15) is 0 Å². The molecule has 102 valence electrons. The van der Waals surface area contributed by atoms with Crippen LogP contribution in [0.5, 0.6) is 0 Å². The lowest BCUT2D eigenvalue weighted by atomic mass is 9.76. The summed E-state index contributed by atoms with van der Waals surface area (Å²) in [6.07, 6.45) is 10.9. The molecule has 1 N–H and O–H groups in total. The monoisotopic (exact) mass is 249 g/mol. The van der Waals surface area contributed by atoms with Crippen LogP contribution in [-0.2, 0) is 6.54 Å². The summed E-state index contributed by atoms with van der Waals surface area (Å²) in [5, 5.41) is 3.63. The Morgan fingerprint density at radius 3 is 2.72 bits per heavy atom. The second-order valence-electron chi connectivity index (χ2n) is 6.36. The molecule has 1 heterocycles. The Hall–Kier alpha value is -0.830. The first-order chi connectivity index (χ1) is 8.61. The van der Waals surface area contributed by atoms with Crippen LogP contribution < -0.4 is 5.32 Å². The van der Waals surface area contributed by atoms with Gasteiger partial charge in [0.25, 0.3) is 0 Å². The van der Waals surface area contributed by atoms with Gasteiger partial charge in [-0.05, 0) is 32.1 Å². The lowest BCUT2D eigenvalue weighted by Gasteiger charge is -2.33. The molecule has 2 rings (SSSR count). The minimum Gasteiger partial charge on any atom is -0.331 e. The van der Waals surface area contributed by atoms with Crippen LogP contribution in [0.2, 0.25) is 0 Å². The normalized spacial score (nSPS) is 19.3. The van der Waals surface area contributed by atoms with Crippen molar-refractivity contribution in [1.29, 1.82) is 0 Å². The zero-order valence-corrected chi connectivity index (χ0v) is 12.1. The summed E-state index contributed by atoms with van der Waals surface area (Å²) in [7, 11) is 0. The number of nitrogens with one attached hydrogen (secondary N) is 1. The lowest BCUT2D eigenvalue weighted by molar-refractivity contribution is 0.207. The van der Waals surface area contributed by atoms with Gasteiger partial charge in [0, 0.05) is 25.3 Å². The fraction of sp³-hybridized carbons (Fsp3) is 0.800. The van der Waals surface area contributed by atoms with Crippen LogP contribution in [0.1, 0.15) is 64.6 Å². The topological polar surface area (TPSA) is 29.9 Å². The first-order valence-electron chi connectivity index (χ1n) is 7.32. The van der Waals surface area contributed by atoms with Gasteiger partial charge in [-0.3, -0.25) is 0 Å². The molecule has 0 radical (unpaired) electrons. The Bertz CT molecular complexity index is 362. The van der Waals surface area contributed by atoms with Crippen molar-refractivity contribution in [2.45, 2.75) is 65.5 Å². The third-order valence-corrected chi connectivity index (χ3v) is 4.22. The van der Waals surface area contributed by atoms with Crippen molar-refractivity contribution >= 4 is 0 Å². The molecule has 1 aromatic heterocycles. The maximum atomic E-state index is 4.25. The van der Waals surface area contributed by atoms with E-state index in [1.807, 2.05) is 12.5 Å². The van der Waals surface area contributed by atoms with Crippen LogP contribution in [0.4, 0.5) is 0 Å². The van der Waals surface area contributed by atoms with Gasteiger partial charge in [0.05, 0.1) is 12.0 Å². The first kappa shape index (κ1) is 13.6. The Balaban J connectivity index is 1.82. The molecule has 0 atom stereocenters. The van der Waals surface area contributed by atoms with E-state index in [0.717, 1.165) is 13.1 Å². The summed E-state index contributed by atoms with van der Waals surface area (Å²) in [4.78, 5) is 4.25. The highest BCUT2D eigenvalue weighted by Crippen LogP contribution is 2.34. The molecule has 0 bridgehead atoms. The second kappa shape index (κ2) is 5.87. The Kier molecular flexibility index (Phi) is 4.44. The minimum absolute atomic E-state index is 0.495. The number of aromatic nitrogens is 2. The lowest BCUT2D eigenvalue weighted by Crippen LogP contribution is -2.33. The van der Waals surface area contributed by atoms with E-state index >= 15 is 0 Å². The van der Waals surface area contributed by atoms with Crippen molar-refractivity contribution < 1.29 is 0 Å². The van der Waals surface area contributed by atoms with Crippen LogP contribution in [0, 0.1) is 5.41 Å². The number of rotatable bonds is 5. The van der Waals surface area contributed by atoms with E-state index in [1.165, 1.54) is 37.8 Å². The summed E-state index contributed by atoms with van der Waals surface area (Å²) in [5.41, 5.74) is 1.81. The van der Waals surface area contributed by atoms with Gasteiger partial charge >= 0.3 is 0 Å². The summed E-state index contributed by atoms with van der Waals surface area (Å²) in [5.74, 6) is 0. The molecule has 1 aliphatic rings. The van der Waals surface area contributed by atoms with E-state index in [4.69, 9.17) is 0 Å². The van der Waals surface area contributed by atoms with Crippen LogP contribution >= 0.6 is 0 Å². The molecule has 0 spiro atoms. The van der Waals surface area contributed by atoms with Crippen molar-refractivity contribution in [1.82, 2.24) is 14.9 Å². The van der Waals surface area contributed by atoms with Gasteiger partial charge in [-0.15, -0.1) is 0 Å². The van der Waals surface area contributed by atoms with E-state index in [-0.39, 0.29) is 0 Å². The van der Waals surface area contributed by atoms with Gasteiger partial charge in [0.2, 0.25) is 0 Å². The average molecular weight is 249 g/mol. The van der Waals surface area contributed by atoms with Crippen LogP contribution in [0.15, 0.2) is 12.5 Å². The molecule has 1 aromatic rings. The van der Waals surface area contributed by atoms with Crippen molar-refractivity contribution in [3.63, 3.8) is 0 Å². The quantitative estimate of drug-likeness (QED) is 0.865. The molecule has 0 aromatic carbocycles. The zero-order chi connectivity index (χ0) is 13.0. The highest BCUT2D eigenvalue weighted by molar-refractivity contribution is 4.99. The molecule has 0 saturated heterocycles. The molecule has 1 aliphatic carbocycles. The fourth-order valence-corrected chi connectivity index (χ4v) is 3.01. The van der Waals surface area contributed by atoms with Gasteiger partial charge in [-0.1, -0.05) is 26.2 Å². The Morgan fingerprint density at radius 1 is 1.33 bits per heavy atom. The van der Waals surface area contributed by atoms with Gasteiger partial charge < -0.3 is 9.88 Å². The molecule has 0 unspecified atom stereocenters. The molecular formula is C15H27N3. The Labute approximate surface area is 111 Å². The molecule has 0 amide bonds. The molecule has 1 fully saturated rings. The zero-order valence-electron chi connectivity index (χ0n) is 12.1. The van der Waals surface area contributed by atoms with E-state index in [0.29, 0.717) is 11.5 Å². The number of hydrogen-bond acceptors (Lipinski definition) is 2. The summed E-state index contributed by atoms with van der Waals surface area (Å²) >= 11 is 0. The fourth-order valence-electron chi connectivity index (χ4n) is 3.01. The summed E-state index contributed by atoms with van der Waals surface area (Å²) in [6, 6.07) is 0.495. The number of nitrogens with zero attached hydrogens (tertiary/aromatic N) is 2. The van der Waals surface area contributed by atoms with Crippen molar-refractivity contribution in [3.8, 4) is 0 Å². The van der Waals surface area contributed by atoms with Crippen LogP contribution in [0.3, 0.4) is 0 Å². The predicted molar refractivity (Wildman–Crippen MR) is 75.5 cm³/mol. The van der Waals surface area contributed by atoms with Gasteiger partial charge in [-0.25, -0.2) is 4.98 Å². The van der Waals surface area contributed by atoms with Gasteiger partial charge in [-0.2, -0.15) is 0 Å². The largest absolute Gasteiger partial charge is 0.331 e. The molecule has 3 heteroatoms. The summed E-state index contributed by atoms with van der Waals surface area (Å²) < 4.78 is 2.25. The van der Waals surface area contributed by atoms with Crippen LogP contribution in [-0.4, -0.2) is 16.1 Å². The van der Waals surface area contributed by atoms with Crippen molar-refractivity contribution in [2.24, 2.45) is 5.41 Å². The minimum atomic E-state index is 0.495. The SMILES string of the molecule is CC(C)n1cncc1CNCC1(C)CCCCC1.